The number of fused-ring (bicyclic) bond motifs is 1. The van der Waals surface area contributed by atoms with Gasteiger partial charge in [0.1, 0.15) is 0 Å². The van der Waals surface area contributed by atoms with Crippen LogP contribution in [0.25, 0.3) is 0 Å². The minimum atomic E-state index is 0.288. The monoisotopic (exact) mass is 280 g/mol. The van der Waals surface area contributed by atoms with Crippen LogP contribution in [0.15, 0.2) is 0 Å². The lowest BCUT2D eigenvalue weighted by Gasteiger charge is -2.52. The van der Waals surface area contributed by atoms with Crippen LogP contribution in [0.2, 0.25) is 0 Å². The summed E-state index contributed by atoms with van der Waals surface area (Å²) in [5.74, 6) is 0.970. The van der Waals surface area contributed by atoms with Gasteiger partial charge in [-0.05, 0) is 38.0 Å². The van der Waals surface area contributed by atoms with E-state index in [9.17, 15) is 0 Å². The van der Waals surface area contributed by atoms with Crippen LogP contribution in [0.5, 0.6) is 0 Å². The van der Waals surface area contributed by atoms with Crippen molar-refractivity contribution in [1.29, 1.82) is 0 Å². The maximum Gasteiger partial charge on any atom is 0.0652 e. The van der Waals surface area contributed by atoms with Gasteiger partial charge >= 0.3 is 0 Å². The molecule has 0 amide bonds. The van der Waals surface area contributed by atoms with Crippen LogP contribution in [0.1, 0.15) is 58.8 Å². The van der Waals surface area contributed by atoms with Crippen molar-refractivity contribution in [2.24, 2.45) is 11.3 Å². The zero-order valence-corrected chi connectivity index (χ0v) is 13.5. The van der Waals surface area contributed by atoms with Gasteiger partial charge in [0.2, 0.25) is 0 Å². The Balaban J connectivity index is 1.43. The second-order valence-corrected chi connectivity index (χ2v) is 7.83. The molecule has 3 nitrogen and oxygen atoms in total. The summed E-state index contributed by atoms with van der Waals surface area (Å²) in [6.07, 6.45) is 10.2. The molecule has 2 N–H and O–H groups in total. The van der Waals surface area contributed by atoms with E-state index in [-0.39, 0.29) is 5.41 Å². The van der Waals surface area contributed by atoms with Gasteiger partial charge in [-0.1, -0.05) is 26.7 Å². The van der Waals surface area contributed by atoms with Crippen molar-refractivity contribution in [3.63, 3.8) is 0 Å². The van der Waals surface area contributed by atoms with Crippen LogP contribution < -0.4 is 10.6 Å². The molecule has 0 bridgehead atoms. The third kappa shape index (κ3) is 2.77. The third-order valence-corrected chi connectivity index (χ3v) is 6.32. The van der Waals surface area contributed by atoms with E-state index in [0.29, 0.717) is 18.2 Å². The minimum absolute atomic E-state index is 0.288. The Hall–Kier alpha value is -0.120. The molecular formula is C17H32N2O. The Bertz CT molecular complexity index is 331. The second kappa shape index (κ2) is 5.94. The van der Waals surface area contributed by atoms with Gasteiger partial charge in [-0.25, -0.2) is 0 Å². The van der Waals surface area contributed by atoms with Crippen LogP contribution in [0.3, 0.4) is 0 Å². The minimum Gasteiger partial charge on any atom is -0.381 e. The first-order valence-corrected chi connectivity index (χ1v) is 8.63. The lowest BCUT2D eigenvalue weighted by atomic mass is 9.64. The topological polar surface area (TPSA) is 33.3 Å². The highest BCUT2D eigenvalue weighted by Gasteiger charge is 2.48. The average molecular weight is 280 g/mol. The largest absolute Gasteiger partial charge is 0.381 e. The number of methoxy groups -OCH3 is 1. The fraction of sp³-hybridized carbons (Fsp3) is 1.00. The highest BCUT2D eigenvalue weighted by Crippen LogP contribution is 2.42. The van der Waals surface area contributed by atoms with E-state index in [1.54, 1.807) is 0 Å². The van der Waals surface area contributed by atoms with Crippen molar-refractivity contribution in [2.45, 2.75) is 83.0 Å². The van der Waals surface area contributed by atoms with E-state index in [1.807, 2.05) is 7.11 Å². The molecule has 20 heavy (non-hydrogen) atoms. The first-order chi connectivity index (χ1) is 9.61. The SMILES string of the molecule is COC1CC(NCC2CCC3CCCCC3N2)C1(C)C. The summed E-state index contributed by atoms with van der Waals surface area (Å²) in [5, 5.41) is 7.71. The number of ether oxygens (including phenoxy) is 1. The molecule has 5 atom stereocenters. The number of rotatable bonds is 4. The van der Waals surface area contributed by atoms with Crippen molar-refractivity contribution in [2.75, 3.05) is 13.7 Å². The third-order valence-electron chi connectivity index (χ3n) is 6.32. The van der Waals surface area contributed by atoms with Crippen molar-refractivity contribution < 1.29 is 4.74 Å². The molecule has 2 aliphatic carbocycles. The molecule has 0 aromatic carbocycles. The lowest BCUT2D eigenvalue weighted by molar-refractivity contribution is -0.0980. The van der Waals surface area contributed by atoms with Gasteiger partial charge in [0, 0.05) is 37.2 Å². The van der Waals surface area contributed by atoms with Crippen LogP contribution in [0.4, 0.5) is 0 Å². The van der Waals surface area contributed by atoms with Crippen molar-refractivity contribution in [3.05, 3.63) is 0 Å². The summed E-state index contributed by atoms with van der Waals surface area (Å²) in [5.41, 5.74) is 0.288. The molecule has 0 spiro atoms. The van der Waals surface area contributed by atoms with Crippen LogP contribution >= 0.6 is 0 Å². The molecule has 3 aliphatic rings. The molecule has 1 aliphatic heterocycles. The standard InChI is InChI=1S/C17H32N2O/c1-17(2)15(10-16(17)20-3)18-11-13-9-8-12-6-4-5-7-14(12)19-13/h12-16,18-19H,4-11H2,1-3H3. The molecule has 3 rings (SSSR count). The van der Waals surface area contributed by atoms with Gasteiger partial charge in [0.25, 0.3) is 0 Å². The van der Waals surface area contributed by atoms with E-state index in [1.165, 1.54) is 44.9 Å². The highest BCUT2D eigenvalue weighted by molar-refractivity contribution is 5.03. The van der Waals surface area contributed by atoms with Crippen LogP contribution in [-0.4, -0.2) is 37.9 Å². The summed E-state index contributed by atoms with van der Waals surface area (Å²) in [7, 11) is 1.84. The molecule has 116 valence electrons. The van der Waals surface area contributed by atoms with Crippen molar-refractivity contribution in [1.82, 2.24) is 10.6 Å². The molecule has 1 heterocycles. The predicted octanol–water partition coefficient (Wildman–Crippen LogP) is 2.70. The number of piperidine rings is 1. The summed E-state index contributed by atoms with van der Waals surface area (Å²) >= 11 is 0. The fourth-order valence-corrected chi connectivity index (χ4v) is 4.65. The van der Waals surface area contributed by atoms with E-state index in [2.05, 4.69) is 24.5 Å². The Morgan fingerprint density at radius 2 is 1.95 bits per heavy atom. The van der Waals surface area contributed by atoms with Crippen molar-refractivity contribution in [3.8, 4) is 0 Å². The van der Waals surface area contributed by atoms with E-state index < -0.39 is 0 Å². The molecule has 0 aromatic heterocycles. The zero-order valence-electron chi connectivity index (χ0n) is 13.5. The molecule has 5 unspecified atom stereocenters. The van der Waals surface area contributed by atoms with Gasteiger partial charge in [-0.2, -0.15) is 0 Å². The number of hydrogen-bond donors (Lipinski definition) is 2. The molecular weight excluding hydrogens is 248 g/mol. The average Bonchev–Trinajstić information content (AvgIpc) is 2.46. The Labute approximate surface area is 124 Å². The van der Waals surface area contributed by atoms with Crippen LogP contribution in [-0.2, 0) is 4.74 Å². The first-order valence-electron chi connectivity index (χ1n) is 8.63. The maximum atomic E-state index is 5.54. The predicted molar refractivity (Wildman–Crippen MR) is 82.9 cm³/mol. The Morgan fingerprint density at radius 1 is 1.15 bits per heavy atom. The first kappa shape index (κ1) is 14.8. The van der Waals surface area contributed by atoms with Gasteiger partial charge in [0.15, 0.2) is 0 Å². The highest BCUT2D eigenvalue weighted by atomic mass is 16.5. The summed E-state index contributed by atoms with van der Waals surface area (Å²) in [6.45, 7) is 5.79. The molecule has 3 fully saturated rings. The number of nitrogens with one attached hydrogen (secondary N) is 2. The van der Waals surface area contributed by atoms with E-state index in [4.69, 9.17) is 4.74 Å². The van der Waals surface area contributed by atoms with E-state index >= 15 is 0 Å². The molecule has 1 saturated heterocycles. The Kier molecular flexibility index (Phi) is 4.40. The molecule has 2 saturated carbocycles. The van der Waals surface area contributed by atoms with Gasteiger partial charge in [-0.15, -0.1) is 0 Å². The Morgan fingerprint density at radius 3 is 2.70 bits per heavy atom. The smallest absolute Gasteiger partial charge is 0.0652 e. The fourth-order valence-electron chi connectivity index (χ4n) is 4.65. The van der Waals surface area contributed by atoms with Crippen molar-refractivity contribution >= 4 is 0 Å². The summed E-state index contributed by atoms with van der Waals surface area (Å²) in [6, 6.07) is 2.12. The maximum absolute atomic E-state index is 5.54. The van der Waals surface area contributed by atoms with Gasteiger partial charge in [0.05, 0.1) is 6.10 Å². The number of hydrogen-bond acceptors (Lipinski definition) is 3. The van der Waals surface area contributed by atoms with Gasteiger partial charge < -0.3 is 15.4 Å². The normalized spacial score (nSPS) is 43.6. The second-order valence-electron chi connectivity index (χ2n) is 7.83. The van der Waals surface area contributed by atoms with Crippen LogP contribution in [0, 0.1) is 11.3 Å². The lowest BCUT2D eigenvalue weighted by Crippen LogP contribution is -2.63. The molecule has 0 aromatic rings. The zero-order chi connectivity index (χ0) is 14.2. The quantitative estimate of drug-likeness (QED) is 0.831. The van der Waals surface area contributed by atoms with E-state index in [0.717, 1.165) is 18.5 Å². The summed E-state index contributed by atoms with van der Waals surface area (Å²) < 4.78 is 5.54. The van der Waals surface area contributed by atoms with Gasteiger partial charge in [-0.3, -0.25) is 0 Å². The molecule has 0 radical (unpaired) electrons. The summed E-state index contributed by atoms with van der Waals surface area (Å²) in [4.78, 5) is 0. The molecule has 3 heteroatoms.